The molecule has 0 aliphatic carbocycles. The quantitative estimate of drug-likeness (QED) is 0.273. The van der Waals surface area contributed by atoms with Crippen LogP contribution in [0.1, 0.15) is 22.3 Å². The highest BCUT2D eigenvalue weighted by Crippen LogP contribution is 2.50. The molecule has 0 unspecified atom stereocenters. The monoisotopic (exact) mass is 480 g/mol. The normalized spacial score (nSPS) is 12.0. The van der Waals surface area contributed by atoms with Gasteiger partial charge in [0.25, 0.3) is 0 Å². The van der Waals surface area contributed by atoms with E-state index in [4.69, 9.17) is 25.6 Å². The number of aryl methyl sites for hydroxylation is 3. The predicted molar refractivity (Wildman–Crippen MR) is 136 cm³/mol. The van der Waals surface area contributed by atoms with Gasteiger partial charge in [-0.3, -0.25) is 0 Å². The van der Waals surface area contributed by atoms with Crippen molar-refractivity contribution in [1.82, 2.24) is 4.57 Å². The summed E-state index contributed by atoms with van der Waals surface area (Å²) >= 11 is 7.44. The summed E-state index contributed by atoms with van der Waals surface area (Å²) in [7, 11) is 0. The van der Waals surface area contributed by atoms with Crippen molar-refractivity contribution in [2.24, 2.45) is 4.76 Å². The van der Waals surface area contributed by atoms with Crippen LogP contribution in [0.5, 0.6) is 11.5 Å². The van der Waals surface area contributed by atoms with Gasteiger partial charge in [-0.05, 0) is 50.6 Å². The summed E-state index contributed by atoms with van der Waals surface area (Å²) < 4.78 is 19.4. The second kappa shape index (κ2) is 9.86. The molecule has 1 heterocycles. The summed E-state index contributed by atoms with van der Waals surface area (Å²) in [5.74, 6) is 1.30. The second-order valence-corrected chi connectivity index (χ2v) is 11.4. The van der Waals surface area contributed by atoms with Crippen molar-refractivity contribution in [3.05, 3.63) is 111 Å². The highest BCUT2D eigenvalue weighted by atomic mass is 32.5. The molecule has 0 fully saturated rings. The van der Waals surface area contributed by atoms with E-state index in [0.29, 0.717) is 18.0 Å². The summed E-state index contributed by atoms with van der Waals surface area (Å²) in [5.41, 5.74) is 4.73. The van der Waals surface area contributed by atoms with Crippen LogP contribution >= 0.6 is 18.0 Å². The standard InChI is InChI=1S/C25H25N2O2PS2/c1-19-4-10-22(11-5-19)18-27-16-17-32-25(27)26-30(31,28-23-12-6-20(2)7-13-23)29-24-14-8-21(3)9-15-24/h4-17H,18H2,1-3H3/b26-25-. The predicted octanol–water partition coefficient (Wildman–Crippen LogP) is 6.81. The van der Waals surface area contributed by atoms with E-state index in [0.717, 1.165) is 15.9 Å². The Morgan fingerprint density at radius 1 is 0.781 bits per heavy atom. The van der Waals surface area contributed by atoms with Gasteiger partial charge in [-0.15, -0.1) is 11.3 Å². The Balaban J connectivity index is 1.69. The maximum atomic E-state index is 6.22. The van der Waals surface area contributed by atoms with E-state index in [2.05, 4.69) is 35.8 Å². The second-order valence-electron chi connectivity index (χ2n) is 7.68. The molecule has 0 N–H and O–H groups in total. The van der Waals surface area contributed by atoms with Crippen molar-refractivity contribution >= 4 is 29.8 Å². The van der Waals surface area contributed by atoms with Gasteiger partial charge in [0.15, 0.2) is 4.80 Å². The van der Waals surface area contributed by atoms with Crippen molar-refractivity contribution in [1.29, 1.82) is 0 Å². The first-order valence-corrected chi connectivity index (χ1v) is 13.7. The van der Waals surface area contributed by atoms with Gasteiger partial charge in [-0.1, -0.05) is 65.2 Å². The molecule has 1 aromatic heterocycles. The third-order valence-corrected chi connectivity index (χ3v) is 7.76. The zero-order chi connectivity index (χ0) is 22.6. The van der Waals surface area contributed by atoms with Crippen LogP contribution in [0.4, 0.5) is 0 Å². The Hall–Kier alpha value is -2.66. The number of aromatic nitrogens is 1. The molecule has 32 heavy (non-hydrogen) atoms. The first kappa shape index (κ1) is 22.5. The van der Waals surface area contributed by atoms with E-state index >= 15 is 0 Å². The summed E-state index contributed by atoms with van der Waals surface area (Å²) in [6.45, 7) is 3.78. The maximum Gasteiger partial charge on any atom is 0.416 e. The molecule has 0 radical (unpaired) electrons. The molecule has 0 bridgehead atoms. The minimum atomic E-state index is -3.07. The molecular formula is C25H25N2O2PS2. The van der Waals surface area contributed by atoms with Crippen LogP contribution in [-0.4, -0.2) is 4.57 Å². The fraction of sp³-hybridized carbons (Fsp3) is 0.160. The molecule has 164 valence electrons. The van der Waals surface area contributed by atoms with Gasteiger partial charge in [0.05, 0.1) is 0 Å². The molecule has 0 aliphatic rings. The van der Waals surface area contributed by atoms with E-state index in [-0.39, 0.29) is 0 Å². The van der Waals surface area contributed by atoms with Crippen LogP contribution in [0.3, 0.4) is 0 Å². The lowest BCUT2D eigenvalue weighted by Crippen LogP contribution is -2.16. The highest BCUT2D eigenvalue weighted by Gasteiger charge is 2.23. The van der Waals surface area contributed by atoms with Gasteiger partial charge < -0.3 is 13.6 Å². The van der Waals surface area contributed by atoms with Crippen molar-refractivity contribution < 1.29 is 9.05 Å². The van der Waals surface area contributed by atoms with Gasteiger partial charge in [-0.2, -0.15) is 4.76 Å². The zero-order valence-corrected chi connectivity index (χ0v) is 20.8. The molecule has 4 rings (SSSR count). The van der Waals surface area contributed by atoms with E-state index in [1.165, 1.54) is 22.5 Å². The average molecular weight is 481 g/mol. The third-order valence-electron chi connectivity index (χ3n) is 4.83. The Morgan fingerprint density at radius 2 is 1.25 bits per heavy atom. The van der Waals surface area contributed by atoms with Crippen LogP contribution in [0, 0.1) is 20.8 Å². The molecule has 3 aromatic carbocycles. The molecule has 0 aliphatic heterocycles. The molecular weight excluding hydrogens is 455 g/mol. The van der Waals surface area contributed by atoms with Crippen LogP contribution in [0.2, 0.25) is 0 Å². The van der Waals surface area contributed by atoms with Crippen molar-refractivity contribution in [2.45, 2.75) is 27.3 Å². The van der Waals surface area contributed by atoms with Gasteiger partial charge in [0.2, 0.25) is 0 Å². The Morgan fingerprint density at radius 3 is 1.75 bits per heavy atom. The summed E-state index contributed by atoms with van der Waals surface area (Å²) in [6.07, 6.45) is 2.01. The number of hydrogen-bond acceptors (Lipinski definition) is 4. The Bertz CT molecular complexity index is 1240. The SMILES string of the molecule is Cc1ccc(Cn2ccs/c2=N\P(=S)(Oc2ccc(C)cc2)Oc2ccc(C)cc2)cc1. The fourth-order valence-electron chi connectivity index (χ4n) is 3.02. The van der Waals surface area contributed by atoms with Crippen LogP contribution in [-0.2, 0) is 18.4 Å². The number of nitrogens with zero attached hydrogens (tertiary/aromatic N) is 2. The van der Waals surface area contributed by atoms with E-state index in [1.807, 2.05) is 74.0 Å². The first-order chi connectivity index (χ1) is 15.4. The summed E-state index contributed by atoms with van der Waals surface area (Å²) in [6, 6.07) is 24.1. The molecule has 4 nitrogen and oxygen atoms in total. The van der Waals surface area contributed by atoms with Crippen molar-refractivity contribution in [2.75, 3.05) is 0 Å². The maximum absolute atomic E-state index is 6.22. The fourth-order valence-corrected chi connectivity index (χ4v) is 6.24. The summed E-state index contributed by atoms with van der Waals surface area (Å²) in [4.78, 5) is 0.771. The Labute approximate surface area is 198 Å². The van der Waals surface area contributed by atoms with Gasteiger partial charge >= 0.3 is 6.64 Å². The molecule has 4 aromatic rings. The highest BCUT2D eigenvalue weighted by molar-refractivity contribution is 8.09. The minimum Gasteiger partial charge on any atom is -0.419 e. The topological polar surface area (TPSA) is 35.8 Å². The molecule has 0 saturated carbocycles. The van der Waals surface area contributed by atoms with Gasteiger partial charge in [-0.25, -0.2) is 0 Å². The molecule has 0 saturated heterocycles. The van der Waals surface area contributed by atoms with Gasteiger partial charge in [0, 0.05) is 29.9 Å². The average Bonchev–Trinajstić information content (AvgIpc) is 3.19. The Kier molecular flexibility index (Phi) is 6.95. The first-order valence-electron chi connectivity index (χ1n) is 10.3. The lowest BCUT2D eigenvalue weighted by Gasteiger charge is -2.19. The minimum absolute atomic E-state index is 0.649. The van der Waals surface area contributed by atoms with Crippen molar-refractivity contribution in [3.63, 3.8) is 0 Å². The number of benzene rings is 3. The van der Waals surface area contributed by atoms with E-state index in [1.54, 1.807) is 0 Å². The molecule has 0 spiro atoms. The molecule has 0 amide bonds. The van der Waals surface area contributed by atoms with Crippen LogP contribution in [0.15, 0.2) is 89.1 Å². The lowest BCUT2D eigenvalue weighted by molar-refractivity contribution is 0.485. The number of hydrogen-bond donors (Lipinski definition) is 0. The van der Waals surface area contributed by atoms with Crippen LogP contribution in [0.25, 0.3) is 0 Å². The number of thiazole rings is 1. The van der Waals surface area contributed by atoms with E-state index in [9.17, 15) is 0 Å². The molecule has 7 heteroatoms. The third kappa shape index (κ3) is 5.98. The van der Waals surface area contributed by atoms with Gasteiger partial charge in [0.1, 0.15) is 11.5 Å². The smallest absolute Gasteiger partial charge is 0.416 e. The summed E-state index contributed by atoms with van der Waals surface area (Å²) in [5, 5.41) is 2.00. The lowest BCUT2D eigenvalue weighted by atomic mass is 10.1. The zero-order valence-electron chi connectivity index (χ0n) is 18.3. The molecule has 0 atom stereocenters. The largest absolute Gasteiger partial charge is 0.419 e. The van der Waals surface area contributed by atoms with E-state index < -0.39 is 6.64 Å². The number of rotatable bonds is 7. The van der Waals surface area contributed by atoms with Crippen LogP contribution < -0.4 is 13.8 Å². The van der Waals surface area contributed by atoms with Crippen molar-refractivity contribution in [3.8, 4) is 11.5 Å².